The third-order valence-electron chi connectivity index (χ3n) is 7.05. The lowest BCUT2D eigenvalue weighted by atomic mass is 9.94. The van der Waals surface area contributed by atoms with Gasteiger partial charge in [-0.1, -0.05) is 48.9 Å². The SMILES string of the molecule is CCCC1=C(C(=O)OCC)[C@@H](c2ccc3c(c2)OCO3)n2c(s/c(=C3/C(=O)N(CC)c4ccccc43)c2=O)=N1. The van der Waals surface area contributed by atoms with Crippen LogP contribution in [0.25, 0.3) is 5.57 Å². The standard InChI is InChI=1S/C29H27N3O6S/c1-4-9-18-23(28(35)36-6-3)24(16-12-13-20-21(14-16)38-15-37-20)32-27(34)25(39-29(32)30-18)22-17-10-7-8-11-19(17)31(5-2)26(22)33/h7-8,10-14,24H,4-6,9,15H2,1-3H3/b25-22+/t24-/m1/s1. The molecule has 0 spiro atoms. The number of thiazole rings is 1. The van der Waals surface area contributed by atoms with Crippen LogP contribution in [0.1, 0.15) is 50.8 Å². The molecule has 3 aromatic rings. The fourth-order valence-electron chi connectivity index (χ4n) is 5.38. The van der Waals surface area contributed by atoms with Gasteiger partial charge in [-0.15, -0.1) is 0 Å². The van der Waals surface area contributed by atoms with E-state index >= 15 is 0 Å². The van der Waals surface area contributed by atoms with E-state index in [-0.39, 0.29) is 24.9 Å². The van der Waals surface area contributed by atoms with Crippen LogP contribution in [0.2, 0.25) is 0 Å². The van der Waals surface area contributed by atoms with Crippen LogP contribution in [0.5, 0.6) is 11.5 Å². The third kappa shape index (κ3) is 3.89. The number of aromatic nitrogens is 1. The van der Waals surface area contributed by atoms with E-state index in [4.69, 9.17) is 19.2 Å². The van der Waals surface area contributed by atoms with E-state index in [1.54, 1.807) is 24.0 Å². The van der Waals surface area contributed by atoms with Crippen molar-refractivity contribution in [3.63, 3.8) is 0 Å². The molecule has 1 atom stereocenters. The number of para-hydroxylation sites is 1. The Hall–Kier alpha value is -4.18. The Kier molecular flexibility index (Phi) is 6.34. The van der Waals surface area contributed by atoms with Crippen molar-refractivity contribution in [2.75, 3.05) is 24.8 Å². The molecule has 1 amide bonds. The summed E-state index contributed by atoms with van der Waals surface area (Å²) in [5.74, 6) is 0.386. The molecule has 0 bridgehead atoms. The van der Waals surface area contributed by atoms with Crippen molar-refractivity contribution >= 4 is 34.5 Å². The maximum absolute atomic E-state index is 14.3. The number of anilines is 1. The number of likely N-dealkylation sites (N-methyl/N-ethyl adjacent to an activating group) is 1. The second-order valence-electron chi connectivity index (χ2n) is 9.29. The van der Waals surface area contributed by atoms with E-state index in [1.807, 2.05) is 44.2 Å². The Balaban J connectivity index is 1.66. The third-order valence-corrected chi connectivity index (χ3v) is 8.10. The van der Waals surface area contributed by atoms with Gasteiger partial charge in [-0.3, -0.25) is 14.2 Å². The van der Waals surface area contributed by atoms with Crippen LogP contribution in [-0.2, 0) is 14.3 Å². The van der Waals surface area contributed by atoms with Gasteiger partial charge in [0.25, 0.3) is 11.5 Å². The number of fused-ring (bicyclic) bond motifs is 3. The molecule has 39 heavy (non-hydrogen) atoms. The van der Waals surface area contributed by atoms with Crippen LogP contribution in [0.3, 0.4) is 0 Å². The summed E-state index contributed by atoms with van der Waals surface area (Å²) in [6.45, 7) is 6.41. The summed E-state index contributed by atoms with van der Waals surface area (Å²) in [5, 5.41) is 0. The zero-order valence-corrected chi connectivity index (χ0v) is 22.7. The molecule has 200 valence electrons. The Morgan fingerprint density at radius 2 is 1.90 bits per heavy atom. The molecule has 0 radical (unpaired) electrons. The lowest BCUT2D eigenvalue weighted by Crippen LogP contribution is -2.41. The highest BCUT2D eigenvalue weighted by Gasteiger charge is 2.38. The lowest BCUT2D eigenvalue weighted by molar-refractivity contribution is -0.139. The van der Waals surface area contributed by atoms with Crippen LogP contribution in [-0.4, -0.2) is 36.4 Å². The molecule has 0 saturated heterocycles. The summed E-state index contributed by atoms with van der Waals surface area (Å²) in [4.78, 5) is 48.1. The summed E-state index contributed by atoms with van der Waals surface area (Å²) < 4.78 is 18.4. The summed E-state index contributed by atoms with van der Waals surface area (Å²) in [6.07, 6.45) is 1.27. The number of benzene rings is 2. The summed E-state index contributed by atoms with van der Waals surface area (Å²) in [5.41, 5.74) is 3.02. The lowest BCUT2D eigenvalue weighted by Gasteiger charge is -2.25. The van der Waals surface area contributed by atoms with Crippen LogP contribution in [0.4, 0.5) is 5.69 Å². The molecule has 6 rings (SSSR count). The Morgan fingerprint density at radius 1 is 1.10 bits per heavy atom. The van der Waals surface area contributed by atoms with Crippen molar-refractivity contribution < 1.29 is 23.8 Å². The molecule has 9 nitrogen and oxygen atoms in total. The predicted octanol–water partition coefficient (Wildman–Crippen LogP) is 3.04. The van der Waals surface area contributed by atoms with Gasteiger partial charge >= 0.3 is 5.97 Å². The second kappa shape index (κ2) is 9.85. The number of hydrogen-bond donors (Lipinski definition) is 0. The fourth-order valence-corrected chi connectivity index (χ4v) is 6.49. The van der Waals surface area contributed by atoms with E-state index in [0.29, 0.717) is 61.8 Å². The van der Waals surface area contributed by atoms with Crippen molar-refractivity contribution in [3.8, 4) is 11.5 Å². The highest BCUT2D eigenvalue weighted by Crippen LogP contribution is 2.39. The molecule has 3 aliphatic rings. The minimum Gasteiger partial charge on any atom is -0.463 e. The van der Waals surface area contributed by atoms with Crippen molar-refractivity contribution in [2.24, 2.45) is 4.99 Å². The molecule has 2 aromatic carbocycles. The zero-order valence-electron chi connectivity index (χ0n) is 21.9. The average molecular weight is 546 g/mol. The molecule has 4 heterocycles. The predicted molar refractivity (Wildman–Crippen MR) is 146 cm³/mol. The topological polar surface area (TPSA) is 99.4 Å². The van der Waals surface area contributed by atoms with E-state index in [0.717, 1.165) is 12.1 Å². The van der Waals surface area contributed by atoms with Gasteiger partial charge in [-0.05, 0) is 44.0 Å². The summed E-state index contributed by atoms with van der Waals surface area (Å²) in [7, 11) is 0. The minimum absolute atomic E-state index is 0.0992. The molecular formula is C29H27N3O6S. The number of esters is 1. The molecule has 10 heteroatoms. The molecular weight excluding hydrogens is 518 g/mol. The largest absolute Gasteiger partial charge is 0.463 e. The number of rotatable bonds is 6. The van der Waals surface area contributed by atoms with E-state index in [9.17, 15) is 14.4 Å². The minimum atomic E-state index is -0.806. The fraction of sp³-hybridized carbons (Fsp3) is 0.310. The van der Waals surface area contributed by atoms with E-state index in [2.05, 4.69) is 0 Å². The van der Waals surface area contributed by atoms with Gasteiger partial charge in [0.1, 0.15) is 4.53 Å². The molecule has 0 saturated carbocycles. The monoisotopic (exact) mass is 545 g/mol. The highest BCUT2D eigenvalue weighted by atomic mass is 32.1. The molecule has 0 aliphatic carbocycles. The first-order chi connectivity index (χ1) is 19.0. The van der Waals surface area contributed by atoms with Crippen molar-refractivity contribution in [1.29, 1.82) is 0 Å². The van der Waals surface area contributed by atoms with Crippen LogP contribution in [0, 0.1) is 0 Å². The second-order valence-corrected chi connectivity index (χ2v) is 10.3. The van der Waals surface area contributed by atoms with Gasteiger partial charge in [0, 0.05) is 12.1 Å². The quantitative estimate of drug-likeness (QED) is 0.442. The molecule has 1 aromatic heterocycles. The number of amides is 1. The van der Waals surface area contributed by atoms with Crippen LogP contribution in [0.15, 0.2) is 63.5 Å². The number of ether oxygens (including phenoxy) is 3. The first-order valence-electron chi connectivity index (χ1n) is 13.0. The first kappa shape index (κ1) is 25.1. The van der Waals surface area contributed by atoms with E-state index in [1.165, 1.54) is 15.9 Å². The maximum Gasteiger partial charge on any atom is 0.338 e. The van der Waals surface area contributed by atoms with Crippen molar-refractivity contribution in [2.45, 2.75) is 39.7 Å². The van der Waals surface area contributed by atoms with Gasteiger partial charge in [-0.2, -0.15) is 0 Å². The Bertz CT molecular complexity index is 1730. The number of carbonyl (C=O) groups is 2. The Morgan fingerprint density at radius 3 is 2.67 bits per heavy atom. The van der Waals surface area contributed by atoms with Gasteiger partial charge < -0.3 is 19.1 Å². The van der Waals surface area contributed by atoms with Gasteiger partial charge in [0.2, 0.25) is 6.79 Å². The normalized spacial score (nSPS) is 18.7. The molecule has 0 N–H and O–H groups in total. The number of allylic oxidation sites excluding steroid dienone is 1. The van der Waals surface area contributed by atoms with Gasteiger partial charge in [-0.25, -0.2) is 9.79 Å². The van der Waals surface area contributed by atoms with Gasteiger partial charge in [0.05, 0.1) is 35.2 Å². The number of nitrogens with zero attached hydrogens (tertiary/aromatic N) is 3. The molecule has 3 aliphatic heterocycles. The Labute approximate surface area is 228 Å². The van der Waals surface area contributed by atoms with Crippen molar-refractivity contribution in [1.82, 2.24) is 4.57 Å². The first-order valence-corrected chi connectivity index (χ1v) is 13.8. The van der Waals surface area contributed by atoms with Gasteiger partial charge in [0.15, 0.2) is 16.3 Å². The van der Waals surface area contributed by atoms with E-state index < -0.39 is 12.0 Å². The van der Waals surface area contributed by atoms with Crippen LogP contribution < -0.4 is 29.3 Å². The maximum atomic E-state index is 14.3. The zero-order chi connectivity index (χ0) is 27.3. The summed E-state index contributed by atoms with van der Waals surface area (Å²) in [6, 6.07) is 12.1. The smallest absolute Gasteiger partial charge is 0.338 e. The van der Waals surface area contributed by atoms with Crippen molar-refractivity contribution in [3.05, 3.63) is 84.5 Å². The number of carbonyl (C=O) groups excluding carboxylic acids is 2. The van der Waals surface area contributed by atoms with Crippen LogP contribution >= 0.6 is 11.3 Å². The number of hydrogen-bond acceptors (Lipinski definition) is 8. The average Bonchev–Trinajstić information content (AvgIpc) is 3.61. The molecule has 0 fully saturated rings. The summed E-state index contributed by atoms with van der Waals surface area (Å²) >= 11 is 1.18. The highest BCUT2D eigenvalue weighted by molar-refractivity contribution is 7.07. The molecule has 0 unspecified atom stereocenters.